The van der Waals surface area contributed by atoms with Crippen LogP contribution < -0.4 is 4.90 Å². The van der Waals surface area contributed by atoms with Crippen LogP contribution in [0, 0.1) is 19.7 Å². The lowest BCUT2D eigenvalue weighted by molar-refractivity contribution is 0.578. The Kier molecular flexibility index (Phi) is 4.64. The highest BCUT2D eigenvalue weighted by atomic mass is 19.1. The van der Waals surface area contributed by atoms with Gasteiger partial charge in [-0.05, 0) is 57.4 Å². The number of aryl methyl sites for hydroxylation is 2. The zero-order valence-electron chi connectivity index (χ0n) is 18.8. The topological polar surface area (TPSA) is 62.6 Å². The summed E-state index contributed by atoms with van der Waals surface area (Å²) in [6.45, 7) is 5.96. The third-order valence-electron chi connectivity index (χ3n) is 6.56. The summed E-state index contributed by atoms with van der Waals surface area (Å²) in [5, 5.41) is 8.87. The van der Waals surface area contributed by atoms with Gasteiger partial charge in [0.05, 0.1) is 16.8 Å². The molecule has 0 unspecified atom stereocenters. The number of benzene rings is 3. The van der Waals surface area contributed by atoms with Crippen molar-refractivity contribution < 1.29 is 4.39 Å². The molecule has 166 valence electrons. The molecular weight excluding hydrogens is 415 g/mol. The lowest BCUT2D eigenvalue weighted by Gasteiger charge is -2.29. The van der Waals surface area contributed by atoms with Crippen molar-refractivity contribution in [1.29, 1.82) is 0 Å². The predicted molar refractivity (Wildman–Crippen MR) is 129 cm³/mol. The lowest BCUT2D eigenvalue weighted by atomic mass is 10.1. The van der Waals surface area contributed by atoms with E-state index in [4.69, 9.17) is 4.98 Å². The second-order valence-electron chi connectivity index (χ2n) is 8.76. The minimum absolute atomic E-state index is 0.220. The van der Waals surface area contributed by atoms with Crippen molar-refractivity contribution in [3.8, 4) is 17.1 Å². The summed E-state index contributed by atoms with van der Waals surface area (Å²) in [6.07, 6.45) is 3.65. The molecule has 0 radical (unpaired) electrons. The van der Waals surface area contributed by atoms with Gasteiger partial charge in [0.2, 0.25) is 0 Å². The number of H-pyrrole nitrogens is 1. The first kappa shape index (κ1) is 19.9. The van der Waals surface area contributed by atoms with Crippen LogP contribution in [0.15, 0.2) is 48.5 Å². The summed E-state index contributed by atoms with van der Waals surface area (Å²) in [4.78, 5) is 12.0. The van der Waals surface area contributed by atoms with Crippen LogP contribution in [0.5, 0.6) is 0 Å². The maximum atomic E-state index is 14.6. The Morgan fingerprint density at radius 3 is 2.45 bits per heavy atom. The molecule has 1 saturated heterocycles. The SMILES string of the molecule is Cc1nc(-c2cc(N3CCCCC3)cc3c2nc(C)n3-c2ccc(F)c3ccccc23)n[nH]1. The molecule has 0 aliphatic carbocycles. The van der Waals surface area contributed by atoms with Crippen molar-refractivity contribution in [2.24, 2.45) is 0 Å². The minimum atomic E-state index is -0.220. The van der Waals surface area contributed by atoms with Crippen molar-refractivity contribution in [3.05, 3.63) is 66.0 Å². The number of aromatic amines is 1. The van der Waals surface area contributed by atoms with Crippen LogP contribution >= 0.6 is 0 Å². The Morgan fingerprint density at radius 1 is 0.909 bits per heavy atom. The molecule has 6 nitrogen and oxygen atoms in total. The first-order valence-electron chi connectivity index (χ1n) is 11.5. The van der Waals surface area contributed by atoms with Gasteiger partial charge in [-0.3, -0.25) is 9.67 Å². The maximum Gasteiger partial charge on any atom is 0.183 e. The van der Waals surface area contributed by atoms with E-state index in [0.717, 1.165) is 58.1 Å². The zero-order valence-corrected chi connectivity index (χ0v) is 18.8. The maximum absolute atomic E-state index is 14.6. The molecule has 5 aromatic rings. The number of hydrogen-bond donors (Lipinski definition) is 1. The number of nitrogens with one attached hydrogen (secondary N) is 1. The summed E-state index contributed by atoms with van der Waals surface area (Å²) in [7, 11) is 0. The van der Waals surface area contributed by atoms with Gasteiger partial charge in [-0.2, -0.15) is 5.10 Å². The van der Waals surface area contributed by atoms with E-state index < -0.39 is 0 Å². The van der Waals surface area contributed by atoms with E-state index in [2.05, 4.69) is 36.8 Å². The number of piperidine rings is 1. The Balaban J connectivity index is 1.66. The van der Waals surface area contributed by atoms with Gasteiger partial charge in [-0.25, -0.2) is 14.4 Å². The van der Waals surface area contributed by atoms with Gasteiger partial charge in [0.1, 0.15) is 23.0 Å². The molecule has 0 amide bonds. The standard InChI is InChI=1S/C26H25FN6/c1-16-28-26(31-30-16)21-14-18(32-12-6-3-7-13-32)15-24-25(21)29-17(2)33(24)23-11-10-22(27)19-8-4-5-9-20(19)23/h4-5,8-11,14-15H,3,6-7,12-13H2,1-2H3,(H,28,30,31). The molecular formula is C26H25FN6. The van der Waals surface area contributed by atoms with Gasteiger partial charge >= 0.3 is 0 Å². The Hall–Kier alpha value is -3.74. The Labute approximate surface area is 191 Å². The van der Waals surface area contributed by atoms with Crippen LogP contribution in [-0.2, 0) is 0 Å². The van der Waals surface area contributed by atoms with E-state index in [1.54, 1.807) is 0 Å². The molecule has 0 atom stereocenters. The average molecular weight is 441 g/mol. The van der Waals surface area contributed by atoms with Crippen molar-refractivity contribution in [2.45, 2.75) is 33.1 Å². The average Bonchev–Trinajstić information content (AvgIpc) is 3.42. The number of hydrogen-bond acceptors (Lipinski definition) is 4. The molecule has 0 spiro atoms. The first-order chi connectivity index (χ1) is 16.1. The van der Waals surface area contributed by atoms with E-state index in [1.807, 2.05) is 44.2 Å². The lowest BCUT2D eigenvalue weighted by Crippen LogP contribution is -2.29. The Morgan fingerprint density at radius 2 is 1.70 bits per heavy atom. The van der Waals surface area contributed by atoms with E-state index in [1.165, 1.54) is 25.3 Å². The quantitative estimate of drug-likeness (QED) is 0.390. The van der Waals surface area contributed by atoms with E-state index in [9.17, 15) is 4.39 Å². The molecule has 7 heteroatoms. The fourth-order valence-corrected chi connectivity index (χ4v) is 4.99. The molecule has 6 rings (SSSR count). The zero-order chi connectivity index (χ0) is 22.5. The van der Waals surface area contributed by atoms with Crippen molar-refractivity contribution >= 4 is 27.5 Å². The largest absolute Gasteiger partial charge is 0.371 e. The molecule has 1 aliphatic rings. The van der Waals surface area contributed by atoms with Crippen LogP contribution in [-0.4, -0.2) is 37.8 Å². The van der Waals surface area contributed by atoms with Crippen LogP contribution in [0.3, 0.4) is 0 Å². The highest BCUT2D eigenvalue weighted by Gasteiger charge is 2.21. The third kappa shape index (κ3) is 3.26. The number of imidazole rings is 1. The van der Waals surface area contributed by atoms with Gasteiger partial charge in [-0.15, -0.1) is 0 Å². The second-order valence-corrected chi connectivity index (χ2v) is 8.76. The summed E-state index contributed by atoms with van der Waals surface area (Å²) >= 11 is 0. The van der Waals surface area contributed by atoms with Crippen LogP contribution in [0.25, 0.3) is 38.9 Å². The van der Waals surface area contributed by atoms with Crippen LogP contribution in [0.4, 0.5) is 10.1 Å². The number of nitrogens with zero attached hydrogens (tertiary/aromatic N) is 5. The van der Waals surface area contributed by atoms with Crippen LogP contribution in [0.1, 0.15) is 30.9 Å². The van der Waals surface area contributed by atoms with Crippen molar-refractivity contribution in [2.75, 3.05) is 18.0 Å². The highest BCUT2D eigenvalue weighted by Crippen LogP contribution is 2.36. The molecule has 3 heterocycles. The Bertz CT molecular complexity index is 1490. The van der Waals surface area contributed by atoms with E-state index >= 15 is 0 Å². The number of halogens is 1. The van der Waals surface area contributed by atoms with Gasteiger partial charge in [0.15, 0.2) is 5.82 Å². The van der Waals surface area contributed by atoms with Gasteiger partial charge in [-0.1, -0.05) is 24.3 Å². The van der Waals surface area contributed by atoms with Gasteiger partial charge in [0.25, 0.3) is 0 Å². The molecule has 1 aliphatic heterocycles. The number of aromatic nitrogens is 5. The molecule has 2 aromatic heterocycles. The van der Waals surface area contributed by atoms with E-state index in [-0.39, 0.29) is 5.82 Å². The molecule has 3 aromatic carbocycles. The molecule has 0 saturated carbocycles. The molecule has 1 fully saturated rings. The third-order valence-corrected chi connectivity index (χ3v) is 6.56. The predicted octanol–water partition coefficient (Wildman–Crippen LogP) is 5.71. The van der Waals surface area contributed by atoms with Crippen molar-refractivity contribution in [3.63, 3.8) is 0 Å². The summed E-state index contributed by atoms with van der Waals surface area (Å²) in [6, 6.07) is 15.4. The normalized spacial score (nSPS) is 14.5. The molecule has 1 N–H and O–H groups in total. The first-order valence-corrected chi connectivity index (χ1v) is 11.5. The molecule has 0 bridgehead atoms. The highest BCUT2D eigenvalue weighted by molar-refractivity contribution is 5.98. The second kappa shape index (κ2) is 7.69. The summed E-state index contributed by atoms with van der Waals surface area (Å²) in [5.41, 5.74) is 4.79. The van der Waals surface area contributed by atoms with Gasteiger partial charge in [0, 0.05) is 29.5 Å². The summed E-state index contributed by atoms with van der Waals surface area (Å²) < 4.78 is 16.7. The van der Waals surface area contributed by atoms with Crippen molar-refractivity contribution in [1.82, 2.24) is 24.7 Å². The summed E-state index contributed by atoms with van der Waals surface area (Å²) in [5.74, 6) is 2.03. The smallest absolute Gasteiger partial charge is 0.183 e. The number of anilines is 1. The number of fused-ring (bicyclic) bond motifs is 2. The van der Waals surface area contributed by atoms with Crippen LogP contribution in [0.2, 0.25) is 0 Å². The fraction of sp³-hybridized carbons (Fsp3) is 0.269. The minimum Gasteiger partial charge on any atom is -0.371 e. The molecule has 33 heavy (non-hydrogen) atoms. The fourth-order valence-electron chi connectivity index (χ4n) is 4.99. The van der Waals surface area contributed by atoms with Gasteiger partial charge < -0.3 is 4.90 Å². The number of rotatable bonds is 3. The monoisotopic (exact) mass is 440 g/mol. The van der Waals surface area contributed by atoms with E-state index in [0.29, 0.717) is 11.2 Å².